The van der Waals surface area contributed by atoms with Crippen molar-refractivity contribution in [2.24, 2.45) is 5.16 Å². The van der Waals surface area contributed by atoms with E-state index in [0.29, 0.717) is 11.3 Å². The summed E-state index contributed by atoms with van der Waals surface area (Å²) in [5.74, 6) is -1.37. The average Bonchev–Trinajstić information content (AvgIpc) is 2.95. The highest BCUT2D eigenvalue weighted by atomic mass is 16.7. The lowest BCUT2D eigenvalue weighted by Crippen LogP contribution is -2.22. The molecule has 1 aliphatic rings. The van der Waals surface area contributed by atoms with Crippen molar-refractivity contribution < 1.29 is 29.0 Å². The number of carbonyl (C=O) groups is 2. The predicted octanol–water partition coefficient (Wildman–Crippen LogP) is 1.06. The van der Waals surface area contributed by atoms with Gasteiger partial charge in [-0.15, -0.1) is 0 Å². The van der Waals surface area contributed by atoms with Crippen LogP contribution in [0.5, 0.6) is 5.75 Å². The number of ether oxygens (including phenoxy) is 2. The van der Waals surface area contributed by atoms with Crippen LogP contribution in [0.1, 0.15) is 22.3 Å². The van der Waals surface area contributed by atoms with Crippen LogP contribution in [-0.2, 0) is 14.4 Å². The number of esters is 1. The Morgan fingerprint density at radius 1 is 1.40 bits per heavy atom. The van der Waals surface area contributed by atoms with Crippen molar-refractivity contribution in [2.45, 2.75) is 12.5 Å². The molecule has 0 amide bonds. The zero-order chi connectivity index (χ0) is 14.7. The van der Waals surface area contributed by atoms with Gasteiger partial charge < -0.3 is 19.4 Å². The van der Waals surface area contributed by atoms with E-state index in [1.54, 1.807) is 6.07 Å². The molecule has 1 aromatic rings. The zero-order valence-electron chi connectivity index (χ0n) is 11.0. The quantitative estimate of drug-likeness (QED) is 0.828. The van der Waals surface area contributed by atoms with Gasteiger partial charge in [-0.25, -0.2) is 9.59 Å². The Kier molecular flexibility index (Phi) is 3.88. The van der Waals surface area contributed by atoms with Gasteiger partial charge in [0.2, 0.25) is 6.10 Å². The number of nitrogens with zero attached hydrogens (tertiary/aromatic N) is 1. The molecule has 1 unspecified atom stereocenters. The fraction of sp³-hybridized carbons (Fsp3) is 0.308. The normalized spacial score (nSPS) is 17.1. The minimum absolute atomic E-state index is 0.0224. The molecular formula is C13H13NO6. The van der Waals surface area contributed by atoms with Gasteiger partial charge >= 0.3 is 11.9 Å². The molecule has 0 saturated heterocycles. The molecule has 2 rings (SSSR count). The second-order valence-corrected chi connectivity index (χ2v) is 4.08. The first-order chi connectivity index (χ1) is 9.56. The van der Waals surface area contributed by atoms with E-state index in [2.05, 4.69) is 9.89 Å². The van der Waals surface area contributed by atoms with E-state index in [4.69, 9.17) is 14.7 Å². The molecule has 20 heavy (non-hydrogen) atoms. The molecule has 0 aromatic heterocycles. The van der Waals surface area contributed by atoms with Crippen molar-refractivity contribution in [3.63, 3.8) is 0 Å². The molecule has 1 aliphatic heterocycles. The number of hydrogen-bond acceptors (Lipinski definition) is 6. The monoisotopic (exact) mass is 279 g/mol. The van der Waals surface area contributed by atoms with E-state index < -0.39 is 18.0 Å². The number of carbonyl (C=O) groups excluding carboxylic acids is 1. The molecule has 0 fully saturated rings. The maximum Gasteiger partial charge on any atom is 0.350 e. The number of methoxy groups -OCH3 is 2. The van der Waals surface area contributed by atoms with Crippen molar-refractivity contribution in [3.05, 3.63) is 29.3 Å². The van der Waals surface area contributed by atoms with Crippen molar-refractivity contribution >= 4 is 17.7 Å². The molecule has 0 aliphatic carbocycles. The van der Waals surface area contributed by atoms with Crippen LogP contribution < -0.4 is 4.74 Å². The Balaban J connectivity index is 2.25. The first kappa shape index (κ1) is 13.9. The molecule has 7 heteroatoms. The Bertz CT molecular complexity index is 580. The molecule has 106 valence electrons. The molecule has 1 heterocycles. The molecule has 0 saturated carbocycles. The maximum atomic E-state index is 11.3. The number of oxime groups is 1. The molecule has 0 bridgehead atoms. The summed E-state index contributed by atoms with van der Waals surface area (Å²) >= 11 is 0. The van der Waals surface area contributed by atoms with Gasteiger partial charge in [0.25, 0.3) is 0 Å². The van der Waals surface area contributed by atoms with Crippen LogP contribution in [0.25, 0.3) is 0 Å². The van der Waals surface area contributed by atoms with Crippen LogP contribution >= 0.6 is 0 Å². The third-order valence-corrected chi connectivity index (χ3v) is 2.90. The summed E-state index contributed by atoms with van der Waals surface area (Å²) < 4.78 is 9.54. The van der Waals surface area contributed by atoms with Gasteiger partial charge in [0.1, 0.15) is 11.3 Å². The number of carboxylic acids is 1. The van der Waals surface area contributed by atoms with Gasteiger partial charge in [-0.05, 0) is 18.2 Å². The van der Waals surface area contributed by atoms with Crippen LogP contribution in [0.3, 0.4) is 0 Å². The third kappa shape index (κ3) is 2.56. The van der Waals surface area contributed by atoms with Gasteiger partial charge in [0.05, 0.1) is 19.9 Å². The van der Waals surface area contributed by atoms with Crippen LogP contribution in [0.2, 0.25) is 0 Å². The molecule has 7 nitrogen and oxygen atoms in total. The Hall–Kier alpha value is -2.57. The fourth-order valence-corrected chi connectivity index (χ4v) is 1.86. The topological polar surface area (TPSA) is 94.4 Å². The highest BCUT2D eigenvalue weighted by Gasteiger charge is 2.30. The highest BCUT2D eigenvalue weighted by molar-refractivity contribution is 6.05. The number of rotatable bonds is 4. The average molecular weight is 279 g/mol. The molecule has 0 radical (unpaired) electrons. The van der Waals surface area contributed by atoms with Crippen molar-refractivity contribution in [2.75, 3.05) is 14.2 Å². The Morgan fingerprint density at radius 2 is 2.15 bits per heavy atom. The van der Waals surface area contributed by atoms with E-state index in [-0.39, 0.29) is 17.7 Å². The molecule has 1 aromatic carbocycles. The zero-order valence-corrected chi connectivity index (χ0v) is 11.0. The summed E-state index contributed by atoms with van der Waals surface area (Å²) in [6.45, 7) is 0. The first-order valence-electron chi connectivity index (χ1n) is 5.79. The van der Waals surface area contributed by atoms with Gasteiger partial charge in [-0.1, -0.05) is 5.16 Å². The van der Waals surface area contributed by atoms with E-state index in [9.17, 15) is 9.59 Å². The molecule has 0 spiro atoms. The van der Waals surface area contributed by atoms with Crippen LogP contribution in [-0.4, -0.2) is 43.1 Å². The van der Waals surface area contributed by atoms with Gasteiger partial charge in [0.15, 0.2) is 0 Å². The van der Waals surface area contributed by atoms with Crippen LogP contribution in [0, 0.1) is 0 Å². The summed E-state index contributed by atoms with van der Waals surface area (Å²) in [7, 11) is 2.66. The largest absolute Gasteiger partial charge is 0.496 e. The highest BCUT2D eigenvalue weighted by Crippen LogP contribution is 2.24. The minimum atomic E-state index is -1.10. The number of benzene rings is 1. The van der Waals surface area contributed by atoms with E-state index in [0.717, 1.165) is 0 Å². The van der Waals surface area contributed by atoms with Crippen LogP contribution in [0.15, 0.2) is 23.4 Å². The van der Waals surface area contributed by atoms with Gasteiger partial charge in [-0.2, -0.15) is 0 Å². The lowest BCUT2D eigenvalue weighted by atomic mass is 10.0. The van der Waals surface area contributed by atoms with Gasteiger partial charge in [-0.3, -0.25) is 0 Å². The molecule has 1 N–H and O–H groups in total. The van der Waals surface area contributed by atoms with E-state index >= 15 is 0 Å². The summed E-state index contributed by atoms with van der Waals surface area (Å²) in [5, 5.41) is 12.9. The summed E-state index contributed by atoms with van der Waals surface area (Å²) in [5.41, 5.74) is 1.08. The number of carboxylic acid groups (broad SMARTS) is 1. The molecule has 1 atom stereocenters. The van der Waals surface area contributed by atoms with E-state index in [1.165, 1.54) is 26.4 Å². The summed E-state index contributed by atoms with van der Waals surface area (Å²) in [4.78, 5) is 27.4. The predicted molar refractivity (Wildman–Crippen MR) is 68.0 cm³/mol. The standard InChI is InChI=1S/C13H13NO6/c1-18-10-4-3-7(5-8(10)12(15)16)9-6-11(20-14-9)13(17)19-2/h3-5,11H,6H2,1-2H3,(H,15,16). The third-order valence-electron chi connectivity index (χ3n) is 2.90. The summed E-state index contributed by atoms with van der Waals surface area (Å²) in [6, 6.07) is 4.63. The van der Waals surface area contributed by atoms with Crippen molar-refractivity contribution in [3.8, 4) is 5.75 Å². The minimum Gasteiger partial charge on any atom is -0.496 e. The van der Waals surface area contributed by atoms with Crippen molar-refractivity contribution in [1.29, 1.82) is 0 Å². The number of hydrogen-bond donors (Lipinski definition) is 1. The second-order valence-electron chi connectivity index (χ2n) is 4.08. The Morgan fingerprint density at radius 3 is 2.75 bits per heavy atom. The Labute approximate surface area is 114 Å². The van der Waals surface area contributed by atoms with E-state index in [1.807, 2.05) is 0 Å². The summed E-state index contributed by atoms with van der Waals surface area (Å²) in [6.07, 6.45) is -0.552. The van der Waals surface area contributed by atoms with Gasteiger partial charge in [0, 0.05) is 12.0 Å². The molecular weight excluding hydrogens is 266 g/mol. The maximum absolute atomic E-state index is 11.3. The SMILES string of the molecule is COC(=O)C1CC(c2ccc(OC)c(C(=O)O)c2)=NO1. The number of aromatic carboxylic acids is 1. The lowest BCUT2D eigenvalue weighted by Gasteiger charge is -2.07. The van der Waals surface area contributed by atoms with Crippen molar-refractivity contribution in [1.82, 2.24) is 0 Å². The van der Waals surface area contributed by atoms with Crippen LogP contribution in [0.4, 0.5) is 0 Å². The fourth-order valence-electron chi connectivity index (χ4n) is 1.86. The second kappa shape index (κ2) is 5.60. The lowest BCUT2D eigenvalue weighted by molar-refractivity contribution is -0.152. The first-order valence-corrected chi connectivity index (χ1v) is 5.79. The smallest absolute Gasteiger partial charge is 0.350 e.